The molecule has 2 rings (SSSR count). The van der Waals surface area contributed by atoms with E-state index in [0.29, 0.717) is 5.82 Å². The highest BCUT2D eigenvalue weighted by Crippen LogP contribution is 2.13. The highest BCUT2D eigenvalue weighted by molar-refractivity contribution is 9.10. The maximum Gasteiger partial charge on any atom is 0.153 e. The minimum absolute atomic E-state index is 0.537. The van der Waals surface area contributed by atoms with E-state index in [1.807, 2.05) is 25.3 Å². The van der Waals surface area contributed by atoms with Gasteiger partial charge in [0, 0.05) is 22.4 Å². The zero-order chi connectivity index (χ0) is 10.1. The Morgan fingerprint density at radius 3 is 2.71 bits per heavy atom. The standard InChI is InChI=1S/C9H9BrN4/c1-6-5-14(13-9(6)11)8-3-2-7(10)4-12-8/h2-5H,1H3,(H2,11,13). The molecule has 0 unspecified atom stereocenters. The lowest BCUT2D eigenvalue weighted by molar-refractivity contribution is 0.850. The molecule has 14 heavy (non-hydrogen) atoms. The van der Waals surface area contributed by atoms with Gasteiger partial charge in [-0.25, -0.2) is 9.67 Å². The summed E-state index contributed by atoms with van der Waals surface area (Å²) in [6.45, 7) is 1.91. The van der Waals surface area contributed by atoms with Crippen molar-refractivity contribution in [2.45, 2.75) is 6.92 Å². The van der Waals surface area contributed by atoms with E-state index in [4.69, 9.17) is 5.73 Å². The van der Waals surface area contributed by atoms with Crippen LogP contribution in [0, 0.1) is 6.92 Å². The van der Waals surface area contributed by atoms with Gasteiger partial charge in [-0.1, -0.05) is 0 Å². The van der Waals surface area contributed by atoms with Gasteiger partial charge in [-0.15, -0.1) is 5.10 Å². The number of rotatable bonds is 1. The molecule has 5 heteroatoms. The van der Waals surface area contributed by atoms with Crippen molar-refractivity contribution in [3.8, 4) is 5.82 Å². The van der Waals surface area contributed by atoms with Gasteiger partial charge in [0.15, 0.2) is 5.82 Å². The van der Waals surface area contributed by atoms with Gasteiger partial charge >= 0.3 is 0 Å². The second-order valence-corrected chi connectivity index (χ2v) is 3.89. The second-order valence-electron chi connectivity index (χ2n) is 2.98. The molecule has 2 heterocycles. The van der Waals surface area contributed by atoms with Crippen LogP contribution >= 0.6 is 15.9 Å². The Kier molecular flexibility index (Phi) is 2.25. The van der Waals surface area contributed by atoms with Gasteiger partial charge in [0.2, 0.25) is 0 Å². The summed E-state index contributed by atoms with van der Waals surface area (Å²) >= 11 is 3.32. The topological polar surface area (TPSA) is 56.7 Å². The molecule has 0 aliphatic carbocycles. The van der Waals surface area contributed by atoms with Crippen molar-refractivity contribution in [3.05, 3.63) is 34.6 Å². The van der Waals surface area contributed by atoms with Crippen molar-refractivity contribution in [2.75, 3.05) is 5.73 Å². The number of hydrogen-bond acceptors (Lipinski definition) is 3. The van der Waals surface area contributed by atoms with Crippen molar-refractivity contribution in [2.24, 2.45) is 0 Å². The molecule has 0 amide bonds. The zero-order valence-electron chi connectivity index (χ0n) is 7.61. The summed E-state index contributed by atoms with van der Waals surface area (Å²) in [7, 11) is 0. The van der Waals surface area contributed by atoms with Crippen LogP contribution in [0.25, 0.3) is 5.82 Å². The van der Waals surface area contributed by atoms with Gasteiger partial charge < -0.3 is 5.73 Å². The van der Waals surface area contributed by atoms with E-state index in [0.717, 1.165) is 15.9 Å². The molecule has 0 aliphatic rings. The van der Waals surface area contributed by atoms with Crippen LogP contribution in [0.4, 0.5) is 5.82 Å². The van der Waals surface area contributed by atoms with E-state index in [2.05, 4.69) is 26.0 Å². The Balaban J connectivity index is 2.44. The largest absolute Gasteiger partial charge is 0.382 e. The molecule has 0 radical (unpaired) electrons. The molecule has 0 spiro atoms. The second kappa shape index (κ2) is 3.42. The number of nitrogen functional groups attached to an aromatic ring is 1. The SMILES string of the molecule is Cc1cn(-c2ccc(Br)cn2)nc1N. The number of anilines is 1. The van der Waals surface area contributed by atoms with Crippen LogP contribution in [0.2, 0.25) is 0 Å². The van der Waals surface area contributed by atoms with E-state index in [-0.39, 0.29) is 0 Å². The first kappa shape index (κ1) is 9.21. The Bertz CT molecular complexity index is 427. The number of hydrogen-bond donors (Lipinski definition) is 1. The predicted molar refractivity (Wildman–Crippen MR) is 58.2 cm³/mol. The summed E-state index contributed by atoms with van der Waals surface area (Å²) in [4.78, 5) is 4.20. The van der Waals surface area contributed by atoms with E-state index in [9.17, 15) is 0 Å². The third-order valence-electron chi connectivity index (χ3n) is 1.88. The minimum Gasteiger partial charge on any atom is -0.382 e. The van der Waals surface area contributed by atoms with Gasteiger partial charge in [0.25, 0.3) is 0 Å². The smallest absolute Gasteiger partial charge is 0.153 e. The number of aryl methyl sites for hydroxylation is 1. The molecule has 0 saturated heterocycles. The van der Waals surface area contributed by atoms with Crippen LogP contribution in [-0.4, -0.2) is 14.8 Å². The summed E-state index contributed by atoms with van der Waals surface area (Å²) in [5, 5.41) is 4.13. The molecule has 0 bridgehead atoms. The first-order valence-electron chi connectivity index (χ1n) is 4.10. The van der Waals surface area contributed by atoms with Crippen molar-refractivity contribution >= 4 is 21.7 Å². The van der Waals surface area contributed by atoms with Crippen molar-refractivity contribution < 1.29 is 0 Å². The van der Waals surface area contributed by atoms with Crippen LogP contribution in [0.1, 0.15) is 5.56 Å². The van der Waals surface area contributed by atoms with Gasteiger partial charge in [-0.05, 0) is 35.0 Å². The maximum absolute atomic E-state index is 5.64. The molecule has 4 nitrogen and oxygen atoms in total. The van der Waals surface area contributed by atoms with Gasteiger partial charge in [-0.2, -0.15) is 0 Å². The summed E-state index contributed by atoms with van der Waals surface area (Å²) in [5.41, 5.74) is 6.59. The molecule has 0 aromatic carbocycles. The molecule has 0 atom stereocenters. The van der Waals surface area contributed by atoms with Gasteiger partial charge in [0.05, 0.1) is 0 Å². The number of aromatic nitrogens is 3. The Morgan fingerprint density at radius 2 is 2.21 bits per heavy atom. The average molecular weight is 253 g/mol. The molecular weight excluding hydrogens is 244 g/mol. The highest BCUT2D eigenvalue weighted by atomic mass is 79.9. The van der Waals surface area contributed by atoms with Crippen LogP contribution in [0.5, 0.6) is 0 Å². The van der Waals surface area contributed by atoms with E-state index < -0.39 is 0 Å². The Labute approximate surface area is 89.9 Å². The van der Waals surface area contributed by atoms with Crippen LogP contribution in [0.15, 0.2) is 29.0 Å². The molecule has 2 aromatic heterocycles. The van der Waals surface area contributed by atoms with Crippen LogP contribution < -0.4 is 5.73 Å². The predicted octanol–water partition coefficient (Wildman–Crippen LogP) is 1.92. The molecule has 72 valence electrons. The summed E-state index contributed by atoms with van der Waals surface area (Å²) < 4.78 is 2.61. The van der Waals surface area contributed by atoms with Gasteiger partial charge in [0.1, 0.15) is 5.82 Å². The normalized spacial score (nSPS) is 10.4. The lowest BCUT2D eigenvalue weighted by Gasteiger charge is -1.98. The minimum atomic E-state index is 0.537. The number of nitrogens with two attached hydrogens (primary N) is 1. The summed E-state index contributed by atoms with van der Waals surface area (Å²) in [5.74, 6) is 1.29. The van der Waals surface area contributed by atoms with E-state index in [1.54, 1.807) is 10.9 Å². The first-order chi connectivity index (χ1) is 6.66. The fourth-order valence-corrected chi connectivity index (χ4v) is 1.33. The van der Waals surface area contributed by atoms with Crippen molar-refractivity contribution in [1.29, 1.82) is 0 Å². The molecule has 0 aliphatic heterocycles. The molecule has 2 aromatic rings. The molecular formula is C9H9BrN4. The third-order valence-corrected chi connectivity index (χ3v) is 2.35. The first-order valence-corrected chi connectivity index (χ1v) is 4.90. The fraction of sp³-hybridized carbons (Fsp3) is 0.111. The number of pyridine rings is 1. The Morgan fingerprint density at radius 1 is 1.43 bits per heavy atom. The van der Waals surface area contributed by atoms with E-state index >= 15 is 0 Å². The monoisotopic (exact) mass is 252 g/mol. The summed E-state index contributed by atoms with van der Waals surface area (Å²) in [6.07, 6.45) is 3.58. The third kappa shape index (κ3) is 1.63. The molecule has 2 N–H and O–H groups in total. The molecule has 0 fully saturated rings. The lowest BCUT2D eigenvalue weighted by atomic mass is 10.4. The zero-order valence-corrected chi connectivity index (χ0v) is 9.19. The fourth-order valence-electron chi connectivity index (χ4n) is 1.09. The Hall–Kier alpha value is -1.36. The van der Waals surface area contributed by atoms with Crippen LogP contribution in [-0.2, 0) is 0 Å². The quantitative estimate of drug-likeness (QED) is 0.844. The lowest BCUT2D eigenvalue weighted by Crippen LogP contribution is -1.98. The van der Waals surface area contributed by atoms with Crippen molar-refractivity contribution in [1.82, 2.24) is 14.8 Å². The van der Waals surface area contributed by atoms with Crippen LogP contribution in [0.3, 0.4) is 0 Å². The van der Waals surface area contributed by atoms with Gasteiger partial charge in [-0.3, -0.25) is 0 Å². The number of nitrogens with zero attached hydrogens (tertiary/aromatic N) is 3. The maximum atomic E-state index is 5.64. The molecule has 0 saturated carbocycles. The van der Waals surface area contributed by atoms with Crippen molar-refractivity contribution in [3.63, 3.8) is 0 Å². The summed E-state index contributed by atoms with van der Waals surface area (Å²) in [6, 6.07) is 3.78. The highest BCUT2D eigenvalue weighted by Gasteiger charge is 2.03. The average Bonchev–Trinajstić information content (AvgIpc) is 2.48. The number of halogens is 1. The van der Waals surface area contributed by atoms with E-state index in [1.165, 1.54) is 0 Å².